The van der Waals surface area contributed by atoms with E-state index in [2.05, 4.69) is 15.9 Å². The summed E-state index contributed by atoms with van der Waals surface area (Å²) in [5.41, 5.74) is 1.14. The second kappa shape index (κ2) is 6.37. The van der Waals surface area contributed by atoms with E-state index < -0.39 is 17.7 Å². The molecular weight excluding hydrogens is 396 g/mol. The minimum atomic E-state index is -0.459. The number of hydrogen-bond donors (Lipinski definition) is 0. The third-order valence-electron chi connectivity index (χ3n) is 3.82. The molecule has 0 bridgehead atoms. The zero-order valence-corrected chi connectivity index (χ0v) is 15.0. The van der Waals surface area contributed by atoms with Crippen LogP contribution in [0.25, 0.3) is 0 Å². The standard InChI is InChI=1S/C17H12BrClN2O3/c1-20(14-7-6-10(18)8-13(14)19)15(22)9-21-16(23)11-4-2-3-5-12(11)17(21)24/h2-8H,9H2,1H3. The van der Waals surface area contributed by atoms with Crippen LogP contribution in [0.5, 0.6) is 0 Å². The van der Waals surface area contributed by atoms with E-state index in [9.17, 15) is 14.4 Å². The van der Waals surface area contributed by atoms with Crippen LogP contribution in [0.4, 0.5) is 5.69 Å². The molecule has 5 nitrogen and oxygen atoms in total. The van der Waals surface area contributed by atoms with Crippen LogP contribution in [0.3, 0.4) is 0 Å². The van der Waals surface area contributed by atoms with Crippen LogP contribution in [-0.4, -0.2) is 36.2 Å². The Morgan fingerprint density at radius 1 is 1.12 bits per heavy atom. The smallest absolute Gasteiger partial charge is 0.262 e. The van der Waals surface area contributed by atoms with E-state index in [1.807, 2.05) is 0 Å². The second-order valence-corrected chi connectivity index (χ2v) is 6.61. The first-order valence-corrected chi connectivity index (χ1v) is 8.24. The molecule has 0 fully saturated rings. The highest BCUT2D eigenvalue weighted by molar-refractivity contribution is 9.10. The molecule has 1 heterocycles. The van der Waals surface area contributed by atoms with Crippen molar-refractivity contribution in [1.29, 1.82) is 0 Å². The van der Waals surface area contributed by atoms with Crippen LogP contribution in [-0.2, 0) is 4.79 Å². The highest BCUT2D eigenvalue weighted by atomic mass is 79.9. The van der Waals surface area contributed by atoms with Crippen LogP contribution in [0.1, 0.15) is 20.7 Å². The lowest BCUT2D eigenvalue weighted by molar-refractivity contribution is -0.118. The molecule has 0 aliphatic carbocycles. The maximum absolute atomic E-state index is 12.5. The van der Waals surface area contributed by atoms with E-state index >= 15 is 0 Å². The van der Waals surface area contributed by atoms with Gasteiger partial charge in [-0.15, -0.1) is 0 Å². The molecule has 1 aliphatic heterocycles. The molecule has 1 aliphatic rings. The minimum absolute atomic E-state index is 0.319. The maximum atomic E-state index is 12.5. The van der Waals surface area contributed by atoms with Crippen molar-refractivity contribution in [3.63, 3.8) is 0 Å². The molecule has 3 rings (SSSR count). The number of hydrogen-bond acceptors (Lipinski definition) is 3. The van der Waals surface area contributed by atoms with Gasteiger partial charge in [0.1, 0.15) is 6.54 Å². The number of rotatable bonds is 3. The maximum Gasteiger partial charge on any atom is 0.262 e. The predicted molar refractivity (Wildman–Crippen MR) is 94.4 cm³/mol. The Morgan fingerprint density at radius 2 is 1.71 bits per heavy atom. The molecule has 0 saturated carbocycles. The van der Waals surface area contributed by atoms with E-state index in [1.54, 1.807) is 49.5 Å². The fraction of sp³-hybridized carbons (Fsp3) is 0.118. The molecule has 122 valence electrons. The van der Waals surface area contributed by atoms with Gasteiger partial charge in [-0.2, -0.15) is 0 Å². The number of fused-ring (bicyclic) bond motifs is 1. The fourth-order valence-electron chi connectivity index (χ4n) is 2.51. The molecule has 0 unspecified atom stereocenters. The summed E-state index contributed by atoms with van der Waals surface area (Å²) < 4.78 is 0.789. The molecule has 24 heavy (non-hydrogen) atoms. The normalized spacial score (nSPS) is 13.2. The average Bonchev–Trinajstić information content (AvgIpc) is 2.80. The molecule has 2 aromatic rings. The number of carbonyl (C=O) groups is 3. The van der Waals surface area contributed by atoms with Gasteiger partial charge in [0, 0.05) is 11.5 Å². The van der Waals surface area contributed by atoms with Gasteiger partial charge in [-0.05, 0) is 30.3 Å². The van der Waals surface area contributed by atoms with Crippen molar-refractivity contribution in [2.45, 2.75) is 0 Å². The van der Waals surface area contributed by atoms with E-state index in [0.29, 0.717) is 21.8 Å². The molecule has 0 atom stereocenters. The largest absolute Gasteiger partial charge is 0.312 e. The van der Waals surface area contributed by atoms with Gasteiger partial charge >= 0.3 is 0 Å². The Bertz CT molecular complexity index is 834. The molecule has 0 spiro atoms. The van der Waals surface area contributed by atoms with Crippen molar-refractivity contribution < 1.29 is 14.4 Å². The summed E-state index contributed by atoms with van der Waals surface area (Å²) in [6.45, 7) is -0.338. The van der Waals surface area contributed by atoms with Crippen LogP contribution in [0.2, 0.25) is 5.02 Å². The number of carbonyl (C=O) groups excluding carboxylic acids is 3. The van der Waals surface area contributed by atoms with Crippen molar-refractivity contribution in [1.82, 2.24) is 4.90 Å². The molecule has 0 N–H and O–H groups in total. The van der Waals surface area contributed by atoms with Gasteiger partial charge in [-0.3, -0.25) is 19.3 Å². The lowest BCUT2D eigenvalue weighted by Gasteiger charge is -2.21. The Labute approximate surface area is 151 Å². The SMILES string of the molecule is CN(C(=O)CN1C(=O)c2ccccc2C1=O)c1ccc(Br)cc1Cl. The summed E-state index contributed by atoms with van der Waals surface area (Å²) in [6, 6.07) is 11.6. The average molecular weight is 408 g/mol. The number of amides is 3. The van der Waals surface area contributed by atoms with Gasteiger partial charge in [0.15, 0.2) is 0 Å². The third-order valence-corrected chi connectivity index (χ3v) is 4.61. The number of imide groups is 1. The van der Waals surface area contributed by atoms with Crippen molar-refractivity contribution in [3.05, 3.63) is 63.1 Å². The molecule has 3 amide bonds. The lowest BCUT2D eigenvalue weighted by atomic mass is 10.1. The summed E-state index contributed by atoms with van der Waals surface area (Å²) in [4.78, 5) is 39.4. The van der Waals surface area contributed by atoms with E-state index in [-0.39, 0.29) is 6.54 Å². The number of benzene rings is 2. The quantitative estimate of drug-likeness (QED) is 0.733. The molecule has 7 heteroatoms. The van der Waals surface area contributed by atoms with E-state index in [0.717, 1.165) is 9.37 Å². The second-order valence-electron chi connectivity index (χ2n) is 5.29. The Balaban J connectivity index is 1.81. The molecule has 0 aromatic heterocycles. The van der Waals surface area contributed by atoms with Gasteiger partial charge in [-0.25, -0.2) is 0 Å². The fourth-order valence-corrected chi connectivity index (χ4v) is 3.31. The first kappa shape index (κ1) is 16.7. The molecule has 0 radical (unpaired) electrons. The van der Waals surface area contributed by atoms with Gasteiger partial charge in [0.25, 0.3) is 11.8 Å². The summed E-state index contributed by atoms with van der Waals surface area (Å²) >= 11 is 9.44. The topological polar surface area (TPSA) is 57.7 Å². The van der Waals surface area contributed by atoms with Gasteiger partial charge in [0.05, 0.1) is 21.8 Å². The molecule has 0 saturated heterocycles. The van der Waals surface area contributed by atoms with Crippen LogP contribution >= 0.6 is 27.5 Å². The van der Waals surface area contributed by atoms with Crippen LogP contribution < -0.4 is 4.90 Å². The van der Waals surface area contributed by atoms with E-state index in [1.165, 1.54) is 4.90 Å². The summed E-state index contributed by atoms with van der Waals surface area (Å²) in [6.07, 6.45) is 0. The van der Waals surface area contributed by atoms with Gasteiger partial charge < -0.3 is 4.90 Å². The van der Waals surface area contributed by atoms with Gasteiger partial charge in [-0.1, -0.05) is 39.7 Å². The third kappa shape index (κ3) is 2.83. The Morgan fingerprint density at radius 3 is 2.25 bits per heavy atom. The highest BCUT2D eigenvalue weighted by Gasteiger charge is 2.36. The number of anilines is 1. The predicted octanol–water partition coefficient (Wildman–Crippen LogP) is 3.36. The first-order chi connectivity index (χ1) is 11.4. The molecular formula is C17H12BrClN2O3. The van der Waals surface area contributed by atoms with Crippen LogP contribution in [0.15, 0.2) is 46.9 Å². The van der Waals surface area contributed by atoms with Crippen molar-refractivity contribution in [2.24, 2.45) is 0 Å². The number of likely N-dealkylation sites (N-methyl/N-ethyl adjacent to an activating group) is 1. The van der Waals surface area contributed by atoms with Crippen molar-refractivity contribution in [3.8, 4) is 0 Å². The van der Waals surface area contributed by atoms with Gasteiger partial charge in [0.2, 0.25) is 5.91 Å². The summed E-state index contributed by atoms with van der Waals surface area (Å²) in [5, 5.41) is 0.391. The Kier molecular flexibility index (Phi) is 4.43. The van der Waals surface area contributed by atoms with Crippen molar-refractivity contribution in [2.75, 3.05) is 18.5 Å². The molecule has 2 aromatic carbocycles. The lowest BCUT2D eigenvalue weighted by Crippen LogP contribution is -2.41. The van der Waals surface area contributed by atoms with Crippen molar-refractivity contribution >= 4 is 50.9 Å². The Hall–Kier alpha value is -2.18. The highest BCUT2D eigenvalue weighted by Crippen LogP contribution is 2.29. The number of nitrogens with zero attached hydrogens (tertiary/aromatic N) is 2. The summed E-state index contributed by atoms with van der Waals surface area (Å²) in [5.74, 6) is -1.33. The monoisotopic (exact) mass is 406 g/mol. The minimum Gasteiger partial charge on any atom is -0.312 e. The summed E-state index contributed by atoms with van der Waals surface area (Å²) in [7, 11) is 1.55. The zero-order valence-electron chi connectivity index (χ0n) is 12.6. The van der Waals surface area contributed by atoms with Crippen LogP contribution in [0, 0.1) is 0 Å². The zero-order chi connectivity index (χ0) is 17.4. The number of halogens is 2. The van der Waals surface area contributed by atoms with E-state index in [4.69, 9.17) is 11.6 Å². The first-order valence-electron chi connectivity index (χ1n) is 7.07.